The van der Waals surface area contributed by atoms with Crippen molar-refractivity contribution < 1.29 is 23.5 Å². The monoisotopic (exact) mass is 565 g/mol. The number of nitrogens with zero attached hydrogens (tertiary/aromatic N) is 4. The molecular weight excluding hydrogens is 528 g/mol. The van der Waals surface area contributed by atoms with Crippen LogP contribution in [0.3, 0.4) is 0 Å². The maximum absolute atomic E-state index is 14.9. The number of carboxylic acids is 1. The fourth-order valence-electron chi connectivity index (χ4n) is 6.00. The molecular formula is C31H37F2N5O3. The third-order valence-corrected chi connectivity index (χ3v) is 8.43. The fraction of sp³-hybridized carbons (Fsp3) is 0.452. The van der Waals surface area contributed by atoms with Gasteiger partial charge in [0.1, 0.15) is 11.6 Å². The van der Waals surface area contributed by atoms with Gasteiger partial charge in [-0.2, -0.15) is 0 Å². The van der Waals surface area contributed by atoms with Crippen LogP contribution in [0.1, 0.15) is 50.7 Å². The summed E-state index contributed by atoms with van der Waals surface area (Å²) in [5.41, 5.74) is 2.17. The molecule has 2 aromatic carbocycles. The van der Waals surface area contributed by atoms with Gasteiger partial charge in [-0.05, 0) is 56.9 Å². The smallest absolute Gasteiger partial charge is 0.306 e. The lowest BCUT2D eigenvalue weighted by molar-refractivity contribution is -0.142. The van der Waals surface area contributed by atoms with Gasteiger partial charge in [0.05, 0.1) is 18.4 Å². The van der Waals surface area contributed by atoms with Crippen molar-refractivity contribution in [2.24, 2.45) is 11.8 Å². The number of aliphatic carboxylic acids is 1. The molecule has 2 aliphatic heterocycles. The number of carbonyl (C=O) groups is 2. The predicted molar refractivity (Wildman–Crippen MR) is 153 cm³/mol. The van der Waals surface area contributed by atoms with E-state index in [0.29, 0.717) is 57.1 Å². The van der Waals surface area contributed by atoms with E-state index < -0.39 is 29.4 Å². The van der Waals surface area contributed by atoms with Crippen LogP contribution in [0.25, 0.3) is 0 Å². The maximum Gasteiger partial charge on any atom is 0.306 e. The minimum atomic E-state index is -0.742. The lowest BCUT2D eigenvalue weighted by Gasteiger charge is -2.33. The molecule has 2 aliphatic rings. The molecule has 3 aromatic rings. The van der Waals surface area contributed by atoms with Crippen LogP contribution in [0, 0.1) is 23.5 Å². The van der Waals surface area contributed by atoms with Crippen LogP contribution in [0.2, 0.25) is 0 Å². The molecule has 0 saturated carbocycles. The second kappa shape index (κ2) is 11.6. The number of para-hydroxylation sites is 1. The summed E-state index contributed by atoms with van der Waals surface area (Å²) in [6, 6.07) is 11.5. The van der Waals surface area contributed by atoms with Crippen LogP contribution < -0.4 is 10.2 Å². The second-order valence-corrected chi connectivity index (χ2v) is 12.1. The number of carboxylic acid groups (broad SMARTS) is 1. The highest BCUT2D eigenvalue weighted by Crippen LogP contribution is 2.38. The van der Waals surface area contributed by atoms with Crippen molar-refractivity contribution in [2.45, 2.75) is 51.6 Å². The van der Waals surface area contributed by atoms with Crippen molar-refractivity contribution in [3.05, 3.63) is 77.6 Å². The maximum atomic E-state index is 14.9. The zero-order valence-corrected chi connectivity index (χ0v) is 23.7. The lowest BCUT2D eigenvalue weighted by atomic mass is 9.88. The van der Waals surface area contributed by atoms with Crippen LogP contribution in [-0.4, -0.2) is 63.2 Å². The number of rotatable bonds is 7. The molecule has 1 unspecified atom stereocenters. The number of imidazole rings is 1. The van der Waals surface area contributed by atoms with Crippen molar-refractivity contribution in [3.8, 4) is 0 Å². The number of aromatic nitrogens is 2. The highest BCUT2D eigenvalue weighted by atomic mass is 19.1. The van der Waals surface area contributed by atoms with Gasteiger partial charge in [-0.1, -0.05) is 24.3 Å². The molecule has 10 heteroatoms. The third kappa shape index (κ3) is 6.27. The number of carbonyl (C=O) groups excluding carboxylic acids is 1. The first-order valence-electron chi connectivity index (χ1n) is 14.1. The Bertz CT molecular complexity index is 1410. The fourth-order valence-corrected chi connectivity index (χ4v) is 6.00. The number of nitrogens with one attached hydrogen (secondary N) is 1. The largest absolute Gasteiger partial charge is 0.481 e. The summed E-state index contributed by atoms with van der Waals surface area (Å²) in [6.07, 6.45) is 4.62. The number of halogens is 2. The van der Waals surface area contributed by atoms with E-state index in [1.807, 2.05) is 28.8 Å². The molecule has 0 spiro atoms. The molecule has 1 aromatic heterocycles. The number of likely N-dealkylation sites (tertiary alicyclic amines) is 1. The normalized spacial score (nSPS) is 20.4. The van der Waals surface area contributed by atoms with E-state index in [-0.39, 0.29) is 17.4 Å². The minimum Gasteiger partial charge on any atom is -0.481 e. The summed E-state index contributed by atoms with van der Waals surface area (Å²) in [5, 5.41) is 12.3. The Balaban J connectivity index is 1.34. The SMILES string of the molecule is CC(C)(C)N1CC(C(=O)Nc2nccn2Cc2ccccc2N2CCC(C(=O)O)CC2)[C@H](c2ccc(F)cc2F)C1. The quantitative estimate of drug-likeness (QED) is 0.421. The van der Waals surface area contributed by atoms with E-state index in [2.05, 4.69) is 40.9 Å². The third-order valence-electron chi connectivity index (χ3n) is 8.43. The summed E-state index contributed by atoms with van der Waals surface area (Å²) >= 11 is 0. The molecule has 218 valence electrons. The molecule has 8 nitrogen and oxygen atoms in total. The van der Waals surface area contributed by atoms with Crippen LogP contribution in [0.4, 0.5) is 20.4 Å². The van der Waals surface area contributed by atoms with Gasteiger partial charge in [0, 0.05) is 61.8 Å². The zero-order chi connectivity index (χ0) is 29.3. The van der Waals surface area contributed by atoms with E-state index in [1.54, 1.807) is 12.4 Å². The Labute approximate surface area is 239 Å². The van der Waals surface area contributed by atoms with Gasteiger partial charge >= 0.3 is 5.97 Å². The lowest BCUT2D eigenvalue weighted by Crippen LogP contribution is -2.40. The summed E-state index contributed by atoms with van der Waals surface area (Å²) < 4.78 is 30.4. The average molecular weight is 566 g/mol. The van der Waals surface area contributed by atoms with Gasteiger partial charge in [0.15, 0.2) is 0 Å². The van der Waals surface area contributed by atoms with Crippen molar-refractivity contribution in [2.75, 3.05) is 36.4 Å². The number of hydrogen-bond donors (Lipinski definition) is 2. The summed E-state index contributed by atoms with van der Waals surface area (Å²) in [6.45, 7) is 8.86. The van der Waals surface area contributed by atoms with Crippen LogP contribution >= 0.6 is 0 Å². The number of amides is 1. The Hall–Kier alpha value is -3.79. The highest BCUT2D eigenvalue weighted by Gasteiger charge is 2.43. The first-order valence-corrected chi connectivity index (χ1v) is 14.1. The minimum absolute atomic E-state index is 0.231. The topological polar surface area (TPSA) is 90.7 Å². The van der Waals surface area contributed by atoms with Crippen molar-refractivity contribution in [1.82, 2.24) is 14.5 Å². The molecule has 1 amide bonds. The van der Waals surface area contributed by atoms with Crippen molar-refractivity contribution >= 4 is 23.5 Å². The number of hydrogen-bond acceptors (Lipinski definition) is 5. The van der Waals surface area contributed by atoms with Gasteiger partial charge < -0.3 is 14.6 Å². The van der Waals surface area contributed by atoms with E-state index in [0.717, 1.165) is 17.3 Å². The Morgan fingerprint density at radius 2 is 1.80 bits per heavy atom. The van der Waals surface area contributed by atoms with E-state index in [9.17, 15) is 23.5 Å². The van der Waals surface area contributed by atoms with E-state index >= 15 is 0 Å². The summed E-state index contributed by atoms with van der Waals surface area (Å²) in [7, 11) is 0. The molecule has 2 fully saturated rings. The molecule has 0 bridgehead atoms. The van der Waals surface area contributed by atoms with Crippen LogP contribution in [0.5, 0.6) is 0 Å². The molecule has 41 heavy (non-hydrogen) atoms. The molecule has 2 N–H and O–H groups in total. The van der Waals surface area contributed by atoms with Gasteiger partial charge in [-0.15, -0.1) is 0 Å². The predicted octanol–water partition coefficient (Wildman–Crippen LogP) is 4.96. The molecule has 0 radical (unpaired) electrons. The summed E-state index contributed by atoms with van der Waals surface area (Å²) in [5.74, 6) is -3.21. The number of anilines is 2. The first-order chi connectivity index (χ1) is 19.5. The highest BCUT2D eigenvalue weighted by molar-refractivity contribution is 5.92. The van der Waals surface area contributed by atoms with E-state index in [1.165, 1.54) is 12.1 Å². The van der Waals surface area contributed by atoms with Gasteiger partial charge in [0.25, 0.3) is 0 Å². The Kier molecular flexibility index (Phi) is 8.13. The zero-order valence-electron chi connectivity index (χ0n) is 23.7. The van der Waals surface area contributed by atoms with Gasteiger partial charge in [0.2, 0.25) is 11.9 Å². The van der Waals surface area contributed by atoms with Gasteiger partial charge in [-0.25, -0.2) is 13.8 Å². The second-order valence-electron chi connectivity index (χ2n) is 12.1. The molecule has 0 aliphatic carbocycles. The molecule has 2 atom stereocenters. The molecule has 5 rings (SSSR count). The average Bonchev–Trinajstić information content (AvgIpc) is 3.56. The molecule has 3 heterocycles. The standard InChI is InChI=1S/C31H37F2N5O3/c1-31(2,3)38-18-24(23-9-8-22(32)16-26(23)33)25(19-38)28(39)35-30-34-12-15-37(30)17-21-6-4-5-7-27(21)36-13-10-20(11-14-36)29(40)41/h4-9,12,15-16,20,24-25H,10-11,13-14,17-19H2,1-3H3,(H,40,41)(H,34,35,39)/t24-,25?/m0/s1. The Morgan fingerprint density at radius 3 is 2.49 bits per heavy atom. The van der Waals surface area contributed by atoms with Crippen molar-refractivity contribution in [3.63, 3.8) is 0 Å². The van der Waals surface area contributed by atoms with E-state index in [4.69, 9.17) is 0 Å². The van der Waals surface area contributed by atoms with Gasteiger partial charge in [-0.3, -0.25) is 19.8 Å². The Morgan fingerprint density at radius 1 is 1.07 bits per heavy atom. The number of benzene rings is 2. The molecule has 2 saturated heterocycles. The summed E-state index contributed by atoms with van der Waals surface area (Å²) in [4.78, 5) is 33.9. The number of piperidine rings is 1. The first kappa shape index (κ1) is 28.7. The van der Waals surface area contributed by atoms with Crippen molar-refractivity contribution in [1.29, 1.82) is 0 Å². The van der Waals surface area contributed by atoms with Crippen LogP contribution in [0.15, 0.2) is 54.9 Å². The van der Waals surface area contributed by atoms with Crippen LogP contribution in [-0.2, 0) is 16.1 Å².